The fourth-order valence-corrected chi connectivity index (χ4v) is 4.55. The Labute approximate surface area is 150 Å². The van der Waals surface area contributed by atoms with Crippen LogP contribution in [-0.4, -0.2) is 43.3 Å². The lowest BCUT2D eigenvalue weighted by Crippen LogP contribution is -2.56. The van der Waals surface area contributed by atoms with Gasteiger partial charge in [-0.1, -0.05) is 31.0 Å². The Bertz CT molecular complexity index is 691. The molecule has 1 heterocycles. The third-order valence-electron chi connectivity index (χ3n) is 4.74. The lowest BCUT2D eigenvalue weighted by molar-refractivity contribution is -0.127. The van der Waals surface area contributed by atoms with E-state index in [1.54, 1.807) is 31.2 Å². The summed E-state index contributed by atoms with van der Waals surface area (Å²) in [6.07, 6.45) is 2.66. The minimum absolute atomic E-state index is 0.0308. The van der Waals surface area contributed by atoms with Crippen molar-refractivity contribution in [2.75, 3.05) is 13.1 Å². The third kappa shape index (κ3) is 4.80. The highest BCUT2D eigenvalue weighted by Gasteiger charge is 2.33. The monoisotopic (exact) mass is 367 g/mol. The molecule has 1 aliphatic rings. The van der Waals surface area contributed by atoms with Gasteiger partial charge in [0.1, 0.15) is 0 Å². The zero-order chi connectivity index (χ0) is 18.7. The summed E-state index contributed by atoms with van der Waals surface area (Å²) < 4.78 is 26.9. The number of nitrogens with zero attached hydrogens (tertiary/aromatic N) is 1. The van der Waals surface area contributed by atoms with Gasteiger partial charge in [-0.05, 0) is 45.2 Å². The zero-order valence-corrected chi connectivity index (χ0v) is 16.1. The Morgan fingerprint density at radius 1 is 1.28 bits per heavy atom. The molecule has 1 fully saturated rings. The Kier molecular flexibility index (Phi) is 6.24. The van der Waals surface area contributed by atoms with Crippen molar-refractivity contribution < 1.29 is 13.2 Å². The molecule has 1 aliphatic heterocycles. The maximum atomic E-state index is 12.7. The standard InChI is InChI=1S/C18H29N3O3S/c1-4-11-18(3,19)17(22)20-15-9-12-21(13-10-15)25(23,24)16-7-5-14(2)6-8-16/h5-8,15H,4,9-13,19H2,1-3H3,(H,20,22). The van der Waals surface area contributed by atoms with Gasteiger partial charge in [-0.3, -0.25) is 4.79 Å². The van der Waals surface area contributed by atoms with E-state index in [0.717, 1.165) is 12.0 Å². The maximum Gasteiger partial charge on any atom is 0.243 e. The van der Waals surface area contributed by atoms with Crippen molar-refractivity contribution in [2.24, 2.45) is 5.73 Å². The summed E-state index contributed by atoms with van der Waals surface area (Å²) in [4.78, 5) is 12.6. The average Bonchev–Trinajstić information content (AvgIpc) is 2.55. The van der Waals surface area contributed by atoms with E-state index in [9.17, 15) is 13.2 Å². The van der Waals surface area contributed by atoms with Gasteiger partial charge in [-0.15, -0.1) is 0 Å². The van der Waals surface area contributed by atoms with E-state index in [2.05, 4.69) is 5.32 Å². The summed E-state index contributed by atoms with van der Waals surface area (Å²) in [6.45, 7) is 6.45. The summed E-state index contributed by atoms with van der Waals surface area (Å²) >= 11 is 0. The highest BCUT2D eigenvalue weighted by atomic mass is 32.2. The van der Waals surface area contributed by atoms with E-state index in [1.165, 1.54) is 4.31 Å². The molecule has 0 saturated carbocycles. The Balaban J connectivity index is 1.95. The number of benzene rings is 1. The van der Waals surface area contributed by atoms with Crippen LogP contribution in [0, 0.1) is 6.92 Å². The van der Waals surface area contributed by atoms with E-state index in [0.29, 0.717) is 37.2 Å². The highest BCUT2D eigenvalue weighted by Crippen LogP contribution is 2.21. The van der Waals surface area contributed by atoms with Crippen LogP contribution in [0.15, 0.2) is 29.2 Å². The predicted octanol–water partition coefficient (Wildman–Crippen LogP) is 1.78. The Morgan fingerprint density at radius 3 is 2.36 bits per heavy atom. The Hall–Kier alpha value is -1.44. The minimum Gasteiger partial charge on any atom is -0.352 e. The van der Waals surface area contributed by atoms with Crippen LogP contribution in [0.5, 0.6) is 0 Å². The van der Waals surface area contributed by atoms with Crippen molar-refractivity contribution in [3.63, 3.8) is 0 Å². The van der Waals surface area contributed by atoms with E-state index < -0.39 is 15.6 Å². The molecule has 0 bridgehead atoms. The molecule has 1 saturated heterocycles. The van der Waals surface area contributed by atoms with Gasteiger partial charge < -0.3 is 11.1 Å². The second-order valence-corrected chi connectivity index (χ2v) is 9.07. The van der Waals surface area contributed by atoms with Gasteiger partial charge >= 0.3 is 0 Å². The summed E-state index contributed by atoms with van der Waals surface area (Å²) in [5.74, 6) is -0.158. The van der Waals surface area contributed by atoms with Crippen LogP contribution in [0.25, 0.3) is 0 Å². The quantitative estimate of drug-likeness (QED) is 0.802. The number of sulfonamides is 1. The van der Waals surface area contributed by atoms with E-state index in [-0.39, 0.29) is 11.9 Å². The Morgan fingerprint density at radius 2 is 1.84 bits per heavy atom. The molecular weight excluding hydrogens is 338 g/mol. The van der Waals surface area contributed by atoms with Crippen LogP contribution in [0.4, 0.5) is 0 Å². The molecule has 0 aromatic heterocycles. The smallest absolute Gasteiger partial charge is 0.243 e. The SMILES string of the molecule is CCCC(C)(N)C(=O)NC1CCN(S(=O)(=O)c2ccc(C)cc2)CC1. The van der Waals surface area contributed by atoms with Crippen molar-refractivity contribution in [3.05, 3.63) is 29.8 Å². The topological polar surface area (TPSA) is 92.5 Å². The molecule has 1 amide bonds. The average molecular weight is 368 g/mol. The first-order valence-electron chi connectivity index (χ1n) is 8.83. The predicted molar refractivity (Wildman–Crippen MR) is 98.6 cm³/mol. The fourth-order valence-electron chi connectivity index (χ4n) is 3.08. The first-order valence-corrected chi connectivity index (χ1v) is 10.3. The summed E-state index contributed by atoms with van der Waals surface area (Å²) in [7, 11) is -3.47. The van der Waals surface area contributed by atoms with Crippen molar-refractivity contribution >= 4 is 15.9 Å². The van der Waals surface area contributed by atoms with Crippen LogP contribution in [-0.2, 0) is 14.8 Å². The van der Waals surface area contributed by atoms with Crippen molar-refractivity contribution in [2.45, 2.75) is 62.9 Å². The second kappa shape index (κ2) is 7.85. The number of hydrogen-bond acceptors (Lipinski definition) is 4. The van der Waals surface area contributed by atoms with E-state index >= 15 is 0 Å². The van der Waals surface area contributed by atoms with Crippen LogP contribution in [0.2, 0.25) is 0 Å². The number of piperidine rings is 1. The second-order valence-electron chi connectivity index (χ2n) is 7.13. The molecule has 1 aromatic carbocycles. The first kappa shape index (κ1) is 19.9. The van der Waals surface area contributed by atoms with Gasteiger partial charge in [0, 0.05) is 19.1 Å². The number of aryl methyl sites for hydroxylation is 1. The molecule has 1 atom stereocenters. The number of amides is 1. The highest BCUT2D eigenvalue weighted by molar-refractivity contribution is 7.89. The molecule has 0 spiro atoms. The molecule has 140 valence electrons. The maximum absolute atomic E-state index is 12.7. The molecule has 0 aliphatic carbocycles. The van der Waals surface area contributed by atoms with E-state index in [4.69, 9.17) is 5.73 Å². The molecule has 0 radical (unpaired) electrons. The van der Waals surface area contributed by atoms with Crippen molar-refractivity contribution in [3.8, 4) is 0 Å². The normalized spacial score (nSPS) is 19.4. The number of carbonyl (C=O) groups is 1. The molecule has 1 unspecified atom stereocenters. The summed E-state index contributed by atoms with van der Waals surface area (Å²) in [5.41, 5.74) is 6.20. The van der Waals surface area contributed by atoms with E-state index in [1.807, 2.05) is 13.8 Å². The van der Waals surface area contributed by atoms with Crippen molar-refractivity contribution in [1.82, 2.24) is 9.62 Å². The minimum atomic E-state index is -3.47. The largest absolute Gasteiger partial charge is 0.352 e. The molecule has 3 N–H and O–H groups in total. The molecular formula is C18H29N3O3S. The number of hydrogen-bond donors (Lipinski definition) is 2. The van der Waals surface area contributed by atoms with Gasteiger partial charge in [0.2, 0.25) is 15.9 Å². The van der Waals surface area contributed by atoms with Crippen molar-refractivity contribution in [1.29, 1.82) is 0 Å². The lowest BCUT2D eigenvalue weighted by atomic mass is 9.95. The van der Waals surface area contributed by atoms with Gasteiger partial charge in [-0.25, -0.2) is 8.42 Å². The molecule has 1 aromatic rings. The molecule has 6 nitrogen and oxygen atoms in total. The third-order valence-corrected chi connectivity index (χ3v) is 6.65. The summed E-state index contributed by atoms with van der Waals surface area (Å²) in [5, 5.41) is 2.98. The fraction of sp³-hybridized carbons (Fsp3) is 0.611. The van der Waals surface area contributed by atoms with Crippen LogP contribution in [0.3, 0.4) is 0 Å². The number of nitrogens with two attached hydrogens (primary N) is 1. The number of rotatable bonds is 6. The lowest BCUT2D eigenvalue weighted by Gasteiger charge is -2.33. The number of nitrogens with one attached hydrogen (secondary N) is 1. The van der Waals surface area contributed by atoms with Gasteiger partial charge in [-0.2, -0.15) is 4.31 Å². The molecule has 2 rings (SSSR count). The molecule has 7 heteroatoms. The zero-order valence-electron chi connectivity index (χ0n) is 15.3. The summed E-state index contributed by atoms with van der Waals surface area (Å²) in [6, 6.07) is 6.86. The van der Waals surface area contributed by atoms with Gasteiger partial charge in [0.05, 0.1) is 10.4 Å². The van der Waals surface area contributed by atoms with Gasteiger partial charge in [0.15, 0.2) is 0 Å². The first-order chi connectivity index (χ1) is 11.7. The number of carbonyl (C=O) groups excluding carboxylic acids is 1. The van der Waals surface area contributed by atoms with Crippen LogP contribution in [0.1, 0.15) is 45.1 Å². The van der Waals surface area contributed by atoms with Crippen LogP contribution >= 0.6 is 0 Å². The molecule has 25 heavy (non-hydrogen) atoms. The van der Waals surface area contributed by atoms with Crippen LogP contribution < -0.4 is 11.1 Å². The van der Waals surface area contributed by atoms with Gasteiger partial charge in [0.25, 0.3) is 0 Å².